The molecule has 0 radical (unpaired) electrons. The van der Waals surface area contributed by atoms with E-state index in [1.54, 1.807) is 12.1 Å². The van der Waals surface area contributed by atoms with Crippen LogP contribution in [0.15, 0.2) is 48.5 Å². The number of methoxy groups -OCH3 is 2. The number of amides is 2. The molecule has 3 rings (SSSR count). The fourth-order valence-electron chi connectivity index (χ4n) is 4.83. The first-order chi connectivity index (χ1) is 18.2. The molecule has 0 spiro atoms. The van der Waals surface area contributed by atoms with E-state index in [4.69, 9.17) is 9.47 Å². The standard InChI is InChI=1S/C28H39N3O6S/c1-5-24(28(33)29-22-14-10-7-11-15-22)30(19-21-12-8-6-9-13-21)27(32)20-31(38(4,34)35)25-18-23(36-2)16-17-26(25)37-3/h6,8-9,12-13,16-18,22,24H,5,7,10-11,14-15,19-20H2,1-4H3,(H,29,33)/t24-/m1/s1. The van der Waals surface area contributed by atoms with Crippen molar-refractivity contribution in [2.24, 2.45) is 0 Å². The van der Waals surface area contributed by atoms with Crippen molar-refractivity contribution < 1.29 is 27.5 Å². The van der Waals surface area contributed by atoms with E-state index in [0.29, 0.717) is 12.2 Å². The summed E-state index contributed by atoms with van der Waals surface area (Å²) in [5, 5.41) is 3.14. The normalized spacial score (nSPS) is 14.8. The highest BCUT2D eigenvalue weighted by Gasteiger charge is 2.33. The maximum absolute atomic E-state index is 13.9. The number of nitrogens with zero attached hydrogens (tertiary/aromatic N) is 2. The average Bonchev–Trinajstić information content (AvgIpc) is 2.91. The molecule has 9 nitrogen and oxygen atoms in total. The van der Waals surface area contributed by atoms with Crippen LogP contribution in [-0.2, 0) is 26.2 Å². The van der Waals surface area contributed by atoms with Crippen LogP contribution < -0.4 is 19.1 Å². The number of benzene rings is 2. The molecule has 0 aromatic heterocycles. The minimum Gasteiger partial charge on any atom is -0.497 e. The molecule has 0 aliphatic heterocycles. The molecule has 1 atom stereocenters. The fraction of sp³-hybridized carbons (Fsp3) is 0.500. The Kier molecular flexibility index (Phi) is 10.4. The third-order valence-corrected chi connectivity index (χ3v) is 7.99. The van der Waals surface area contributed by atoms with Gasteiger partial charge in [-0.2, -0.15) is 0 Å². The highest BCUT2D eigenvalue weighted by Crippen LogP contribution is 2.34. The van der Waals surface area contributed by atoms with Crippen molar-refractivity contribution in [3.8, 4) is 11.5 Å². The lowest BCUT2D eigenvalue weighted by atomic mass is 9.95. The molecule has 10 heteroatoms. The van der Waals surface area contributed by atoms with Gasteiger partial charge >= 0.3 is 0 Å². The van der Waals surface area contributed by atoms with Gasteiger partial charge in [-0.15, -0.1) is 0 Å². The molecule has 2 aromatic carbocycles. The van der Waals surface area contributed by atoms with Crippen LogP contribution in [-0.4, -0.2) is 64.2 Å². The first-order valence-electron chi connectivity index (χ1n) is 13.0. The molecule has 0 bridgehead atoms. The summed E-state index contributed by atoms with van der Waals surface area (Å²) >= 11 is 0. The lowest BCUT2D eigenvalue weighted by Gasteiger charge is -2.34. The van der Waals surface area contributed by atoms with Crippen molar-refractivity contribution in [1.29, 1.82) is 0 Å². The van der Waals surface area contributed by atoms with Gasteiger partial charge in [-0.1, -0.05) is 56.5 Å². The number of nitrogens with one attached hydrogen (secondary N) is 1. The molecule has 1 fully saturated rings. The van der Waals surface area contributed by atoms with Crippen LogP contribution in [0.1, 0.15) is 51.0 Å². The number of sulfonamides is 1. The van der Waals surface area contributed by atoms with E-state index < -0.39 is 28.5 Å². The molecule has 1 N–H and O–H groups in total. The number of carbonyl (C=O) groups is 2. The highest BCUT2D eigenvalue weighted by molar-refractivity contribution is 7.92. The Balaban J connectivity index is 1.95. The van der Waals surface area contributed by atoms with Crippen LogP contribution in [0.3, 0.4) is 0 Å². The fourth-order valence-corrected chi connectivity index (χ4v) is 5.68. The number of hydrogen-bond acceptors (Lipinski definition) is 6. The molecule has 1 aliphatic carbocycles. The largest absolute Gasteiger partial charge is 0.497 e. The Bertz CT molecular complexity index is 1180. The summed E-state index contributed by atoms with van der Waals surface area (Å²) in [5.74, 6) is -0.00889. The van der Waals surface area contributed by atoms with Gasteiger partial charge in [0.2, 0.25) is 21.8 Å². The van der Waals surface area contributed by atoms with Gasteiger partial charge in [0.1, 0.15) is 24.1 Å². The van der Waals surface area contributed by atoms with Crippen molar-refractivity contribution in [3.63, 3.8) is 0 Å². The van der Waals surface area contributed by atoms with Crippen molar-refractivity contribution in [2.75, 3.05) is 31.3 Å². The van der Waals surface area contributed by atoms with E-state index >= 15 is 0 Å². The van der Waals surface area contributed by atoms with E-state index in [2.05, 4.69) is 5.32 Å². The lowest BCUT2D eigenvalue weighted by Crippen LogP contribution is -2.54. The molecule has 1 aliphatic rings. The van der Waals surface area contributed by atoms with Crippen molar-refractivity contribution in [1.82, 2.24) is 10.2 Å². The molecule has 38 heavy (non-hydrogen) atoms. The minimum absolute atomic E-state index is 0.0903. The van der Waals surface area contributed by atoms with Crippen LogP contribution in [0.2, 0.25) is 0 Å². The topological polar surface area (TPSA) is 105 Å². The van der Waals surface area contributed by atoms with Crippen molar-refractivity contribution >= 4 is 27.5 Å². The second kappa shape index (κ2) is 13.5. The van der Waals surface area contributed by atoms with Crippen molar-refractivity contribution in [3.05, 3.63) is 54.1 Å². The van der Waals surface area contributed by atoms with E-state index in [1.807, 2.05) is 37.3 Å². The first-order valence-corrected chi connectivity index (χ1v) is 14.9. The van der Waals surface area contributed by atoms with Gasteiger partial charge in [0, 0.05) is 18.7 Å². The van der Waals surface area contributed by atoms with E-state index in [-0.39, 0.29) is 29.9 Å². The lowest BCUT2D eigenvalue weighted by molar-refractivity contribution is -0.140. The van der Waals surface area contributed by atoms with Gasteiger partial charge in [0.15, 0.2) is 0 Å². The third kappa shape index (κ3) is 7.63. The molecule has 2 aromatic rings. The summed E-state index contributed by atoms with van der Waals surface area (Å²) in [4.78, 5) is 28.8. The molecule has 0 heterocycles. The number of anilines is 1. The zero-order valence-corrected chi connectivity index (χ0v) is 23.5. The summed E-state index contributed by atoms with van der Waals surface area (Å²) in [5.41, 5.74) is 1.02. The summed E-state index contributed by atoms with van der Waals surface area (Å²) in [6.45, 7) is 1.53. The molecule has 1 saturated carbocycles. The third-order valence-electron chi connectivity index (χ3n) is 6.87. The summed E-state index contributed by atoms with van der Waals surface area (Å²) in [7, 11) is -1.00. The summed E-state index contributed by atoms with van der Waals surface area (Å²) in [6.07, 6.45) is 6.57. The van der Waals surface area contributed by atoms with Gasteiger partial charge in [-0.05, 0) is 37.0 Å². The molecule has 208 valence electrons. The van der Waals surface area contributed by atoms with Gasteiger partial charge < -0.3 is 19.7 Å². The number of carbonyl (C=O) groups excluding carboxylic acids is 2. The Hall–Kier alpha value is -3.27. The van der Waals surface area contributed by atoms with Crippen LogP contribution in [0.4, 0.5) is 5.69 Å². The average molecular weight is 546 g/mol. The zero-order valence-electron chi connectivity index (χ0n) is 22.7. The van der Waals surface area contributed by atoms with Crippen LogP contribution in [0.5, 0.6) is 11.5 Å². The molecule has 0 unspecified atom stereocenters. The quantitative estimate of drug-likeness (QED) is 0.436. The Morgan fingerprint density at radius 1 is 1.03 bits per heavy atom. The maximum Gasteiger partial charge on any atom is 0.244 e. The second-order valence-electron chi connectivity index (χ2n) is 9.58. The van der Waals surface area contributed by atoms with Gasteiger partial charge in [0.25, 0.3) is 0 Å². The van der Waals surface area contributed by atoms with Gasteiger partial charge in [-0.25, -0.2) is 8.42 Å². The Morgan fingerprint density at radius 2 is 1.71 bits per heavy atom. The highest BCUT2D eigenvalue weighted by atomic mass is 32.2. The second-order valence-corrected chi connectivity index (χ2v) is 11.5. The smallest absolute Gasteiger partial charge is 0.244 e. The first kappa shape index (κ1) is 29.3. The van der Waals surface area contributed by atoms with E-state index in [9.17, 15) is 18.0 Å². The van der Waals surface area contributed by atoms with E-state index in [1.165, 1.54) is 25.2 Å². The summed E-state index contributed by atoms with van der Waals surface area (Å²) in [6, 6.07) is 13.5. The molecular formula is C28H39N3O6S. The Morgan fingerprint density at radius 3 is 2.29 bits per heavy atom. The predicted octanol–water partition coefficient (Wildman–Crippen LogP) is 3.73. The van der Waals surface area contributed by atoms with Crippen LogP contribution in [0, 0.1) is 0 Å². The van der Waals surface area contributed by atoms with Gasteiger partial charge in [0.05, 0.1) is 26.2 Å². The number of ether oxygens (including phenoxy) is 2. The molecular weight excluding hydrogens is 506 g/mol. The zero-order chi connectivity index (χ0) is 27.7. The number of hydrogen-bond donors (Lipinski definition) is 1. The van der Waals surface area contributed by atoms with Crippen LogP contribution >= 0.6 is 0 Å². The number of rotatable bonds is 12. The van der Waals surface area contributed by atoms with Crippen molar-refractivity contribution in [2.45, 2.75) is 64.1 Å². The SMILES string of the molecule is CC[C@H](C(=O)NC1CCCCC1)N(Cc1ccccc1)C(=O)CN(c1cc(OC)ccc1OC)S(C)(=O)=O. The van der Waals surface area contributed by atoms with Crippen LogP contribution in [0.25, 0.3) is 0 Å². The molecule has 0 saturated heterocycles. The maximum atomic E-state index is 13.9. The molecule has 2 amide bonds. The predicted molar refractivity (Wildman–Crippen MR) is 148 cm³/mol. The van der Waals surface area contributed by atoms with Gasteiger partial charge in [-0.3, -0.25) is 13.9 Å². The minimum atomic E-state index is -3.90. The Labute approximate surface area is 226 Å². The summed E-state index contributed by atoms with van der Waals surface area (Å²) < 4.78 is 37.5. The van der Waals surface area contributed by atoms with E-state index in [0.717, 1.165) is 48.2 Å². The monoisotopic (exact) mass is 545 g/mol.